The molecular formula is C15H19NO4S. The highest BCUT2D eigenvalue weighted by atomic mass is 32.1. The van der Waals surface area contributed by atoms with Crippen LogP contribution < -0.4 is 5.32 Å². The van der Waals surface area contributed by atoms with E-state index in [1.807, 2.05) is 6.92 Å². The van der Waals surface area contributed by atoms with Gasteiger partial charge in [-0.25, -0.2) is 4.79 Å². The van der Waals surface area contributed by atoms with Crippen molar-refractivity contribution in [2.45, 2.75) is 44.8 Å². The van der Waals surface area contributed by atoms with Crippen molar-refractivity contribution < 1.29 is 19.8 Å². The van der Waals surface area contributed by atoms with Crippen molar-refractivity contribution in [3.05, 3.63) is 27.5 Å². The molecule has 2 rings (SSSR count). The van der Waals surface area contributed by atoms with Gasteiger partial charge < -0.3 is 15.5 Å². The Morgan fingerprint density at radius 1 is 1.38 bits per heavy atom. The van der Waals surface area contributed by atoms with Crippen LogP contribution in [0.3, 0.4) is 0 Å². The second-order valence-electron chi connectivity index (χ2n) is 5.26. The van der Waals surface area contributed by atoms with Crippen LogP contribution >= 0.6 is 11.3 Å². The summed E-state index contributed by atoms with van der Waals surface area (Å²) in [7, 11) is 0. The van der Waals surface area contributed by atoms with Crippen LogP contribution in [-0.4, -0.2) is 34.2 Å². The molecule has 1 heterocycles. The van der Waals surface area contributed by atoms with Crippen molar-refractivity contribution in [1.29, 1.82) is 0 Å². The zero-order valence-corrected chi connectivity index (χ0v) is 12.7. The highest BCUT2D eigenvalue weighted by Gasteiger charge is 2.25. The first-order valence-corrected chi connectivity index (χ1v) is 7.79. The Bertz CT molecular complexity index is 564. The van der Waals surface area contributed by atoms with Crippen LogP contribution in [0.1, 0.15) is 45.8 Å². The van der Waals surface area contributed by atoms with E-state index in [-0.39, 0.29) is 11.9 Å². The molecule has 0 bridgehead atoms. The van der Waals surface area contributed by atoms with Crippen LogP contribution in [0.2, 0.25) is 0 Å². The summed E-state index contributed by atoms with van der Waals surface area (Å²) in [4.78, 5) is 24.0. The number of carboxylic acid groups (broad SMARTS) is 1. The van der Waals surface area contributed by atoms with Gasteiger partial charge in [0, 0.05) is 11.0 Å². The summed E-state index contributed by atoms with van der Waals surface area (Å²) in [5.74, 6) is -1.22. The number of aryl methyl sites for hydroxylation is 1. The second-order valence-corrected chi connectivity index (χ2v) is 6.35. The molecular weight excluding hydrogens is 290 g/mol. The molecule has 1 aliphatic carbocycles. The lowest BCUT2D eigenvalue weighted by Crippen LogP contribution is -2.44. The quantitative estimate of drug-likeness (QED) is 0.744. The fourth-order valence-electron chi connectivity index (χ4n) is 2.44. The molecule has 1 aromatic rings. The van der Waals surface area contributed by atoms with Crippen molar-refractivity contribution in [3.63, 3.8) is 0 Å². The number of amides is 1. The van der Waals surface area contributed by atoms with Crippen LogP contribution in [0.5, 0.6) is 0 Å². The van der Waals surface area contributed by atoms with Gasteiger partial charge in [0.1, 0.15) is 0 Å². The Balaban J connectivity index is 2.05. The summed E-state index contributed by atoms with van der Waals surface area (Å²) in [5.41, 5.74) is 0.867. The molecule has 1 amide bonds. The summed E-state index contributed by atoms with van der Waals surface area (Å²) >= 11 is 1.26. The van der Waals surface area contributed by atoms with Gasteiger partial charge in [0.05, 0.1) is 17.0 Å². The van der Waals surface area contributed by atoms with E-state index in [9.17, 15) is 14.7 Å². The number of aliphatic hydroxyl groups is 1. The topological polar surface area (TPSA) is 86.6 Å². The fourth-order valence-corrected chi connectivity index (χ4v) is 3.42. The van der Waals surface area contributed by atoms with Crippen molar-refractivity contribution in [1.82, 2.24) is 5.32 Å². The minimum atomic E-state index is -1.01. The maximum Gasteiger partial charge on any atom is 0.328 e. The Kier molecular flexibility index (Phi) is 5.14. The third-order valence-electron chi connectivity index (χ3n) is 3.60. The molecule has 1 saturated carbocycles. The first-order chi connectivity index (χ1) is 9.97. The second kappa shape index (κ2) is 6.87. The molecule has 114 valence electrons. The number of rotatable bonds is 4. The predicted octanol–water partition coefficient (Wildman–Crippen LogP) is 2.19. The summed E-state index contributed by atoms with van der Waals surface area (Å²) in [6.07, 6.45) is 5.60. The first-order valence-electron chi connectivity index (χ1n) is 6.97. The van der Waals surface area contributed by atoms with Crippen LogP contribution in [0.4, 0.5) is 0 Å². The summed E-state index contributed by atoms with van der Waals surface area (Å²) in [6, 6.07) is 1.56. The molecule has 2 unspecified atom stereocenters. The molecule has 0 radical (unpaired) electrons. The minimum Gasteiger partial charge on any atom is -0.478 e. The zero-order chi connectivity index (χ0) is 15.4. The molecule has 2 atom stereocenters. The third kappa shape index (κ3) is 4.15. The van der Waals surface area contributed by atoms with Gasteiger partial charge in [-0.2, -0.15) is 0 Å². The van der Waals surface area contributed by atoms with E-state index in [2.05, 4.69) is 5.32 Å². The number of carbonyl (C=O) groups excluding carboxylic acids is 1. The number of carboxylic acids is 1. The zero-order valence-electron chi connectivity index (χ0n) is 11.8. The molecule has 0 spiro atoms. The molecule has 0 aliphatic heterocycles. The van der Waals surface area contributed by atoms with Gasteiger partial charge in [0.2, 0.25) is 0 Å². The molecule has 0 aromatic carbocycles. The Labute approximate surface area is 127 Å². The van der Waals surface area contributed by atoms with Crippen LogP contribution in [0.15, 0.2) is 12.1 Å². The Morgan fingerprint density at radius 2 is 2.10 bits per heavy atom. The number of aliphatic carboxylic acids is 1. The molecule has 1 fully saturated rings. The maximum absolute atomic E-state index is 12.2. The van der Waals surface area contributed by atoms with Gasteiger partial charge in [0.15, 0.2) is 0 Å². The van der Waals surface area contributed by atoms with Gasteiger partial charge in [-0.1, -0.05) is 12.8 Å². The fraction of sp³-hybridized carbons (Fsp3) is 0.467. The van der Waals surface area contributed by atoms with Crippen molar-refractivity contribution in [2.75, 3.05) is 0 Å². The molecule has 1 aliphatic rings. The Morgan fingerprint density at radius 3 is 2.76 bits per heavy atom. The monoisotopic (exact) mass is 309 g/mol. The summed E-state index contributed by atoms with van der Waals surface area (Å²) < 4.78 is 0. The van der Waals surface area contributed by atoms with Crippen LogP contribution in [0.25, 0.3) is 6.08 Å². The maximum atomic E-state index is 12.2. The number of hydrogen-bond acceptors (Lipinski definition) is 4. The minimum absolute atomic E-state index is 0.188. The lowest BCUT2D eigenvalue weighted by atomic mass is 9.92. The van der Waals surface area contributed by atoms with Gasteiger partial charge in [-0.15, -0.1) is 11.3 Å². The average molecular weight is 309 g/mol. The molecule has 21 heavy (non-hydrogen) atoms. The SMILES string of the molecule is Cc1cc(C(=O)NC2CCCCC2O)sc1/C=C/C(=O)O. The van der Waals surface area contributed by atoms with E-state index in [1.54, 1.807) is 6.07 Å². The molecule has 3 N–H and O–H groups in total. The van der Waals surface area contributed by atoms with Gasteiger partial charge in [-0.05, 0) is 37.5 Å². The van der Waals surface area contributed by atoms with E-state index < -0.39 is 12.1 Å². The van der Waals surface area contributed by atoms with Crippen LogP contribution in [0, 0.1) is 6.92 Å². The predicted molar refractivity (Wildman–Crippen MR) is 81.5 cm³/mol. The molecule has 6 heteroatoms. The summed E-state index contributed by atoms with van der Waals surface area (Å²) in [5, 5.41) is 21.4. The normalized spacial score (nSPS) is 22.4. The average Bonchev–Trinajstić information content (AvgIpc) is 2.80. The highest BCUT2D eigenvalue weighted by molar-refractivity contribution is 7.15. The number of thiophene rings is 1. The smallest absolute Gasteiger partial charge is 0.328 e. The van der Waals surface area contributed by atoms with E-state index >= 15 is 0 Å². The lowest BCUT2D eigenvalue weighted by Gasteiger charge is -2.28. The van der Waals surface area contributed by atoms with E-state index in [0.29, 0.717) is 4.88 Å². The molecule has 5 nitrogen and oxygen atoms in total. The van der Waals surface area contributed by atoms with Gasteiger partial charge in [-0.3, -0.25) is 4.79 Å². The van der Waals surface area contributed by atoms with Crippen molar-refractivity contribution >= 4 is 29.3 Å². The largest absolute Gasteiger partial charge is 0.478 e. The third-order valence-corrected chi connectivity index (χ3v) is 4.80. The summed E-state index contributed by atoms with van der Waals surface area (Å²) in [6.45, 7) is 1.84. The first kappa shape index (κ1) is 15.7. The van der Waals surface area contributed by atoms with E-state index in [4.69, 9.17) is 5.11 Å². The van der Waals surface area contributed by atoms with E-state index in [1.165, 1.54) is 17.4 Å². The van der Waals surface area contributed by atoms with Gasteiger partial charge in [0.25, 0.3) is 5.91 Å². The number of hydrogen-bond donors (Lipinski definition) is 3. The van der Waals surface area contributed by atoms with Crippen molar-refractivity contribution in [3.8, 4) is 0 Å². The van der Waals surface area contributed by atoms with Crippen molar-refractivity contribution in [2.24, 2.45) is 0 Å². The lowest BCUT2D eigenvalue weighted by molar-refractivity contribution is -0.131. The highest BCUT2D eigenvalue weighted by Crippen LogP contribution is 2.24. The number of carbonyl (C=O) groups is 2. The Hall–Kier alpha value is -1.66. The number of aliphatic hydroxyl groups excluding tert-OH is 1. The van der Waals surface area contributed by atoms with Gasteiger partial charge >= 0.3 is 5.97 Å². The molecule has 0 saturated heterocycles. The van der Waals surface area contributed by atoms with Crippen LogP contribution in [-0.2, 0) is 4.79 Å². The number of nitrogens with one attached hydrogen (secondary N) is 1. The standard InChI is InChI=1S/C15H19NO4S/c1-9-8-13(21-12(9)6-7-14(18)19)15(20)16-10-4-2-3-5-11(10)17/h6-8,10-11,17H,2-5H2,1H3,(H,16,20)(H,18,19)/b7-6+. The molecule has 1 aromatic heterocycles. The van der Waals surface area contributed by atoms with E-state index in [0.717, 1.165) is 42.2 Å².